The van der Waals surface area contributed by atoms with Crippen molar-refractivity contribution in [3.8, 4) is 6.07 Å². The zero-order valence-electron chi connectivity index (χ0n) is 13.5. The summed E-state index contributed by atoms with van der Waals surface area (Å²) in [5.74, 6) is 1.88. The van der Waals surface area contributed by atoms with Crippen molar-refractivity contribution >= 4 is 17.7 Å². The van der Waals surface area contributed by atoms with E-state index in [1.54, 1.807) is 0 Å². The fourth-order valence-electron chi connectivity index (χ4n) is 1.92. The van der Waals surface area contributed by atoms with Gasteiger partial charge in [-0.1, -0.05) is 25.6 Å². The molecule has 5 nitrogen and oxygen atoms in total. The number of amides is 1. The van der Waals surface area contributed by atoms with Crippen LogP contribution in [0.15, 0.2) is 5.03 Å². The second kappa shape index (κ2) is 7.10. The molecule has 1 aliphatic carbocycles. The van der Waals surface area contributed by atoms with Crippen LogP contribution in [0.25, 0.3) is 0 Å². The summed E-state index contributed by atoms with van der Waals surface area (Å²) in [5, 5.41) is 12.9. The average Bonchev–Trinajstić information content (AvgIpc) is 3.28. The third kappa shape index (κ3) is 4.20. The molecule has 1 saturated carbocycles. The molecule has 1 aliphatic rings. The van der Waals surface area contributed by atoms with Gasteiger partial charge in [0, 0.05) is 12.0 Å². The number of aromatic nitrogens is 2. The van der Waals surface area contributed by atoms with E-state index in [2.05, 4.69) is 35.2 Å². The summed E-state index contributed by atoms with van der Waals surface area (Å²) in [6.07, 6.45) is 2.23. The number of nitrogens with zero attached hydrogens (tertiary/aromatic N) is 3. The van der Waals surface area contributed by atoms with Gasteiger partial charge in [0.05, 0.1) is 11.4 Å². The van der Waals surface area contributed by atoms with E-state index in [0.29, 0.717) is 28.1 Å². The van der Waals surface area contributed by atoms with Crippen LogP contribution in [-0.2, 0) is 4.79 Å². The maximum Gasteiger partial charge on any atom is 0.230 e. The van der Waals surface area contributed by atoms with E-state index in [9.17, 15) is 10.1 Å². The van der Waals surface area contributed by atoms with Crippen LogP contribution >= 0.6 is 11.8 Å². The van der Waals surface area contributed by atoms with Gasteiger partial charge in [-0.3, -0.25) is 4.79 Å². The first kappa shape index (κ1) is 16.8. The second-order valence-electron chi connectivity index (χ2n) is 6.12. The van der Waals surface area contributed by atoms with Crippen molar-refractivity contribution in [1.29, 1.82) is 5.26 Å². The lowest BCUT2D eigenvalue weighted by molar-refractivity contribution is -0.119. The highest BCUT2D eigenvalue weighted by Gasteiger charge is 2.28. The maximum atomic E-state index is 12.0. The highest BCUT2D eigenvalue weighted by atomic mass is 32.2. The van der Waals surface area contributed by atoms with Crippen molar-refractivity contribution < 1.29 is 4.79 Å². The van der Waals surface area contributed by atoms with E-state index in [0.717, 1.165) is 18.7 Å². The Morgan fingerprint density at radius 3 is 2.64 bits per heavy atom. The number of hydrogen-bond acceptors (Lipinski definition) is 5. The molecule has 118 valence electrons. The smallest absolute Gasteiger partial charge is 0.230 e. The monoisotopic (exact) mass is 318 g/mol. The van der Waals surface area contributed by atoms with E-state index >= 15 is 0 Å². The molecule has 1 amide bonds. The summed E-state index contributed by atoms with van der Waals surface area (Å²) in [5.41, 5.74) is 1.19. The Balaban J connectivity index is 2.05. The van der Waals surface area contributed by atoms with Gasteiger partial charge >= 0.3 is 0 Å². The fourth-order valence-corrected chi connectivity index (χ4v) is 2.77. The Labute approximate surface area is 135 Å². The molecule has 0 aromatic carbocycles. The van der Waals surface area contributed by atoms with Crippen LogP contribution in [0.1, 0.15) is 56.6 Å². The number of thioether (sulfide) groups is 1. The van der Waals surface area contributed by atoms with E-state index in [-0.39, 0.29) is 17.7 Å². The Morgan fingerprint density at radius 2 is 2.09 bits per heavy atom. The molecule has 1 aromatic rings. The lowest BCUT2D eigenvalue weighted by Crippen LogP contribution is -2.37. The zero-order chi connectivity index (χ0) is 16.3. The number of nitrogens with one attached hydrogen (secondary N) is 1. The lowest BCUT2D eigenvalue weighted by Gasteiger charge is -2.17. The van der Waals surface area contributed by atoms with Crippen LogP contribution in [0.5, 0.6) is 0 Å². The van der Waals surface area contributed by atoms with Crippen LogP contribution in [0, 0.1) is 24.2 Å². The van der Waals surface area contributed by atoms with Crippen molar-refractivity contribution in [2.75, 3.05) is 5.75 Å². The predicted octanol–water partition coefficient (Wildman–Crippen LogP) is 2.79. The van der Waals surface area contributed by atoms with Crippen LogP contribution in [0.3, 0.4) is 0 Å². The Hall–Kier alpha value is -1.61. The van der Waals surface area contributed by atoms with Gasteiger partial charge in [0.1, 0.15) is 22.5 Å². The van der Waals surface area contributed by atoms with Crippen LogP contribution in [-0.4, -0.2) is 27.7 Å². The molecule has 0 aliphatic heterocycles. The first-order valence-electron chi connectivity index (χ1n) is 7.63. The molecule has 0 saturated heterocycles. The van der Waals surface area contributed by atoms with Gasteiger partial charge in [0.25, 0.3) is 0 Å². The van der Waals surface area contributed by atoms with Gasteiger partial charge in [0.15, 0.2) is 0 Å². The molecule has 22 heavy (non-hydrogen) atoms. The highest BCUT2D eigenvalue weighted by molar-refractivity contribution is 8.00. The minimum atomic E-state index is -0.0284. The molecule has 6 heteroatoms. The number of rotatable bonds is 6. The molecule has 0 unspecified atom stereocenters. The van der Waals surface area contributed by atoms with Gasteiger partial charge in [0.2, 0.25) is 5.91 Å². The standard InChI is InChI=1S/C16H22N4OS/c1-9(2)10(3)18-14(21)8-22-16-13(7-17)11(4)19-15(20-16)12-5-6-12/h9-10,12H,5-6,8H2,1-4H3,(H,18,21)/t10-/m0/s1. The minimum absolute atomic E-state index is 0.0284. The summed E-state index contributed by atoms with van der Waals surface area (Å²) < 4.78 is 0. The summed E-state index contributed by atoms with van der Waals surface area (Å²) in [6, 6.07) is 2.29. The van der Waals surface area contributed by atoms with Gasteiger partial charge in [-0.25, -0.2) is 9.97 Å². The molecule has 0 bridgehead atoms. The molecule has 0 radical (unpaired) electrons. The first-order valence-corrected chi connectivity index (χ1v) is 8.61. The predicted molar refractivity (Wildman–Crippen MR) is 86.6 cm³/mol. The lowest BCUT2D eigenvalue weighted by atomic mass is 10.1. The van der Waals surface area contributed by atoms with Gasteiger partial charge in [-0.2, -0.15) is 5.26 Å². The van der Waals surface area contributed by atoms with Crippen molar-refractivity contribution in [1.82, 2.24) is 15.3 Å². The van der Waals surface area contributed by atoms with Crippen molar-refractivity contribution in [3.05, 3.63) is 17.1 Å². The highest BCUT2D eigenvalue weighted by Crippen LogP contribution is 2.39. The van der Waals surface area contributed by atoms with Crippen LogP contribution in [0.2, 0.25) is 0 Å². The largest absolute Gasteiger partial charge is 0.353 e. The third-order valence-electron chi connectivity index (χ3n) is 3.86. The molecular weight excluding hydrogens is 296 g/mol. The van der Waals surface area contributed by atoms with E-state index in [4.69, 9.17) is 0 Å². The van der Waals surface area contributed by atoms with Gasteiger partial charge < -0.3 is 5.32 Å². The van der Waals surface area contributed by atoms with Crippen LogP contribution in [0.4, 0.5) is 0 Å². The molecule has 2 rings (SSSR count). The van der Waals surface area contributed by atoms with Crippen molar-refractivity contribution in [2.45, 2.75) is 57.5 Å². The van der Waals surface area contributed by atoms with E-state index in [1.165, 1.54) is 11.8 Å². The molecular formula is C16H22N4OS. The molecule has 1 fully saturated rings. The first-order chi connectivity index (χ1) is 10.4. The number of carbonyl (C=O) groups is 1. The summed E-state index contributed by atoms with van der Waals surface area (Å²) in [6.45, 7) is 7.97. The maximum absolute atomic E-state index is 12.0. The quantitative estimate of drug-likeness (QED) is 0.644. The van der Waals surface area contributed by atoms with Crippen molar-refractivity contribution in [2.24, 2.45) is 5.92 Å². The molecule has 1 atom stereocenters. The van der Waals surface area contributed by atoms with Crippen LogP contribution < -0.4 is 5.32 Å². The number of aryl methyl sites for hydroxylation is 1. The molecule has 1 N–H and O–H groups in total. The SMILES string of the molecule is Cc1nc(C2CC2)nc(SCC(=O)N[C@@H](C)C(C)C)c1C#N. The van der Waals surface area contributed by atoms with E-state index < -0.39 is 0 Å². The minimum Gasteiger partial charge on any atom is -0.353 e. The second-order valence-corrected chi connectivity index (χ2v) is 7.09. The third-order valence-corrected chi connectivity index (χ3v) is 4.83. The topological polar surface area (TPSA) is 78.7 Å². The van der Waals surface area contributed by atoms with Gasteiger partial charge in [-0.05, 0) is 32.6 Å². The summed E-state index contributed by atoms with van der Waals surface area (Å²) in [7, 11) is 0. The molecule has 0 spiro atoms. The number of nitriles is 1. The Bertz CT molecular complexity index is 605. The average molecular weight is 318 g/mol. The number of carbonyl (C=O) groups excluding carboxylic acids is 1. The fraction of sp³-hybridized carbons (Fsp3) is 0.625. The Morgan fingerprint density at radius 1 is 1.41 bits per heavy atom. The summed E-state index contributed by atoms with van der Waals surface area (Å²) in [4.78, 5) is 20.9. The molecule has 1 heterocycles. The Kier molecular flexibility index (Phi) is 5.41. The molecule has 1 aromatic heterocycles. The van der Waals surface area contributed by atoms with E-state index in [1.807, 2.05) is 13.8 Å². The zero-order valence-corrected chi connectivity index (χ0v) is 14.3. The van der Waals surface area contributed by atoms with Crippen molar-refractivity contribution in [3.63, 3.8) is 0 Å². The summed E-state index contributed by atoms with van der Waals surface area (Å²) >= 11 is 1.32. The number of hydrogen-bond donors (Lipinski definition) is 1. The normalized spacial score (nSPS) is 15.5. The van der Waals surface area contributed by atoms with Gasteiger partial charge in [-0.15, -0.1) is 0 Å².